The molecule has 0 aliphatic carbocycles. The molecule has 2 aromatic rings. The van der Waals surface area contributed by atoms with Gasteiger partial charge in [-0.1, -0.05) is 30.3 Å². The monoisotopic (exact) mass is 330 g/mol. The molecule has 1 atom stereocenters. The van der Waals surface area contributed by atoms with E-state index < -0.39 is 0 Å². The van der Waals surface area contributed by atoms with Crippen LogP contribution in [-0.2, 0) is 17.7 Å². The Kier molecular flexibility index (Phi) is 5.96. The molecule has 24 heavy (non-hydrogen) atoms. The maximum Gasteiger partial charge on any atom is 0.181 e. The Balaban J connectivity index is 1.68. The Hall–Kier alpha value is -1.76. The van der Waals surface area contributed by atoms with Crippen molar-refractivity contribution in [1.82, 2.24) is 19.7 Å². The highest BCUT2D eigenvalue weighted by molar-refractivity contribution is 5.53. The molecular formula is C18H26N4O2. The van der Waals surface area contributed by atoms with Crippen LogP contribution >= 0.6 is 0 Å². The van der Waals surface area contributed by atoms with Crippen LogP contribution in [0.15, 0.2) is 30.3 Å². The van der Waals surface area contributed by atoms with Crippen LogP contribution in [0.5, 0.6) is 0 Å². The second-order valence-electron chi connectivity index (χ2n) is 6.20. The van der Waals surface area contributed by atoms with Crippen LogP contribution in [0.2, 0.25) is 0 Å². The average Bonchev–Trinajstić information content (AvgIpc) is 3.04. The smallest absolute Gasteiger partial charge is 0.181 e. The van der Waals surface area contributed by atoms with E-state index in [1.807, 2.05) is 35.0 Å². The molecule has 1 N–H and O–H groups in total. The van der Waals surface area contributed by atoms with E-state index in [0.717, 1.165) is 56.4 Å². The van der Waals surface area contributed by atoms with E-state index in [0.29, 0.717) is 12.6 Å². The van der Waals surface area contributed by atoms with Gasteiger partial charge >= 0.3 is 0 Å². The minimum Gasteiger partial charge on any atom is -0.394 e. The van der Waals surface area contributed by atoms with Gasteiger partial charge in [-0.3, -0.25) is 4.90 Å². The topological polar surface area (TPSA) is 63.4 Å². The summed E-state index contributed by atoms with van der Waals surface area (Å²) in [5.41, 5.74) is 1.01. The summed E-state index contributed by atoms with van der Waals surface area (Å²) in [5.74, 6) is 1.68. The summed E-state index contributed by atoms with van der Waals surface area (Å²) in [6, 6.07) is 10.5. The minimum absolute atomic E-state index is 0.0730. The van der Waals surface area contributed by atoms with Gasteiger partial charge in [-0.2, -0.15) is 5.10 Å². The number of aliphatic hydroxyl groups is 1. The molecule has 2 heterocycles. The van der Waals surface area contributed by atoms with E-state index >= 15 is 0 Å². The summed E-state index contributed by atoms with van der Waals surface area (Å²) in [7, 11) is 0. The number of morpholine rings is 1. The van der Waals surface area contributed by atoms with Crippen LogP contribution in [-0.4, -0.2) is 63.7 Å². The van der Waals surface area contributed by atoms with Gasteiger partial charge in [0.1, 0.15) is 5.82 Å². The highest BCUT2D eigenvalue weighted by Crippen LogP contribution is 2.17. The number of nitrogens with zero attached hydrogens (tertiary/aromatic N) is 4. The van der Waals surface area contributed by atoms with Crippen molar-refractivity contribution in [2.45, 2.75) is 32.4 Å². The number of benzene rings is 1. The van der Waals surface area contributed by atoms with Crippen LogP contribution < -0.4 is 0 Å². The lowest BCUT2D eigenvalue weighted by Crippen LogP contribution is -2.42. The summed E-state index contributed by atoms with van der Waals surface area (Å²) in [5, 5.41) is 13.9. The number of hydrogen-bond acceptors (Lipinski definition) is 5. The van der Waals surface area contributed by atoms with E-state index in [9.17, 15) is 5.11 Å². The SMILES string of the molecule is CC(CCc1nc(-c2ccccc2)nn1CCO)N1CCOCC1. The van der Waals surface area contributed by atoms with Gasteiger partial charge in [-0.15, -0.1) is 0 Å². The number of hydrogen-bond donors (Lipinski definition) is 1. The highest BCUT2D eigenvalue weighted by Gasteiger charge is 2.18. The summed E-state index contributed by atoms with van der Waals surface area (Å²) < 4.78 is 7.26. The third kappa shape index (κ3) is 4.20. The third-order valence-electron chi connectivity index (χ3n) is 4.55. The molecule has 3 rings (SSSR count). The van der Waals surface area contributed by atoms with Gasteiger partial charge in [-0.25, -0.2) is 9.67 Å². The third-order valence-corrected chi connectivity index (χ3v) is 4.55. The molecule has 6 nitrogen and oxygen atoms in total. The predicted molar refractivity (Wildman–Crippen MR) is 92.7 cm³/mol. The summed E-state index contributed by atoms with van der Waals surface area (Å²) in [6.07, 6.45) is 1.89. The van der Waals surface area contributed by atoms with Gasteiger partial charge in [0.05, 0.1) is 26.4 Å². The van der Waals surface area contributed by atoms with Gasteiger partial charge in [0, 0.05) is 31.1 Å². The summed E-state index contributed by atoms with van der Waals surface area (Å²) >= 11 is 0. The molecule has 1 aliphatic heterocycles. The molecule has 0 radical (unpaired) electrons. The standard InChI is InChI=1S/C18H26N4O2/c1-15(21-10-13-24-14-11-21)7-8-17-19-18(20-22(17)9-12-23)16-5-3-2-4-6-16/h2-6,15,23H,7-14H2,1H3. The molecule has 0 saturated carbocycles. The van der Waals surface area contributed by atoms with E-state index in [4.69, 9.17) is 9.72 Å². The highest BCUT2D eigenvalue weighted by atomic mass is 16.5. The first-order valence-corrected chi connectivity index (χ1v) is 8.69. The van der Waals surface area contributed by atoms with Crippen molar-refractivity contribution in [3.8, 4) is 11.4 Å². The molecule has 0 spiro atoms. The van der Waals surface area contributed by atoms with Crippen LogP contribution in [0.4, 0.5) is 0 Å². The average molecular weight is 330 g/mol. The Morgan fingerprint density at radius 3 is 2.67 bits per heavy atom. The molecule has 6 heteroatoms. The van der Waals surface area contributed by atoms with Gasteiger partial charge in [0.25, 0.3) is 0 Å². The Morgan fingerprint density at radius 1 is 1.21 bits per heavy atom. The van der Waals surface area contributed by atoms with E-state index in [1.54, 1.807) is 0 Å². The molecule has 130 valence electrons. The number of rotatable bonds is 7. The Labute approximate surface area is 143 Å². The van der Waals surface area contributed by atoms with Crippen molar-refractivity contribution >= 4 is 0 Å². The molecule has 1 unspecified atom stereocenters. The summed E-state index contributed by atoms with van der Waals surface area (Å²) in [6.45, 7) is 6.47. The van der Waals surface area contributed by atoms with Gasteiger partial charge in [0.15, 0.2) is 5.82 Å². The lowest BCUT2D eigenvalue weighted by atomic mass is 10.1. The zero-order valence-electron chi connectivity index (χ0n) is 14.3. The minimum atomic E-state index is 0.0730. The molecule has 0 amide bonds. The Morgan fingerprint density at radius 2 is 1.96 bits per heavy atom. The largest absolute Gasteiger partial charge is 0.394 e. The molecular weight excluding hydrogens is 304 g/mol. The molecule has 1 aromatic heterocycles. The van der Waals surface area contributed by atoms with Crippen molar-refractivity contribution in [1.29, 1.82) is 0 Å². The van der Waals surface area contributed by atoms with Crippen LogP contribution in [0, 0.1) is 0 Å². The maximum absolute atomic E-state index is 9.29. The maximum atomic E-state index is 9.29. The normalized spacial score (nSPS) is 17.1. The van der Waals surface area contributed by atoms with Gasteiger partial charge in [-0.05, 0) is 13.3 Å². The first-order valence-electron chi connectivity index (χ1n) is 8.69. The van der Waals surface area contributed by atoms with Crippen molar-refractivity contribution in [2.24, 2.45) is 0 Å². The van der Waals surface area contributed by atoms with Crippen molar-refractivity contribution < 1.29 is 9.84 Å². The predicted octanol–water partition coefficient (Wildman–Crippen LogP) is 1.59. The van der Waals surface area contributed by atoms with E-state index in [1.165, 1.54) is 0 Å². The Bertz CT molecular complexity index is 623. The first kappa shape index (κ1) is 17.1. The van der Waals surface area contributed by atoms with Crippen molar-refractivity contribution in [3.63, 3.8) is 0 Å². The second kappa shape index (κ2) is 8.37. The quantitative estimate of drug-likeness (QED) is 0.835. The number of aromatic nitrogens is 3. The molecule has 1 fully saturated rings. The number of ether oxygens (including phenoxy) is 1. The van der Waals surface area contributed by atoms with Crippen molar-refractivity contribution in [3.05, 3.63) is 36.2 Å². The van der Waals surface area contributed by atoms with E-state index in [-0.39, 0.29) is 6.61 Å². The van der Waals surface area contributed by atoms with Crippen LogP contribution in [0.3, 0.4) is 0 Å². The summed E-state index contributed by atoms with van der Waals surface area (Å²) in [4.78, 5) is 7.18. The van der Waals surface area contributed by atoms with Crippen molar-refractivity contribution in [2.75, 3.05) is 32.9 Å². The number of aliphatic hydroxyl groups excluding tert-OH is 1. The molecule has 1 aromatic carbocycles. The fourth-order valence-corrected chi connectivity index (χ4v) is 3.08. The van der Waals surface area contributed by atoms with Gasteiger partial charge < -0.3 is 9.84 Å². The van der Waals surface area contributed by atoms with E-state index in [2.05, 4.69) is 16.9 Å². The lowest BCUT2D eigenvalue weighted by Gasteiger charge is -2.32. The first-order chi connectivity index (χ1) is 11.8. The second-order valence-corrected chi connectivity index (χ2v) is 6.20. The zero-order valence-corrected chi connectivity index (χ0v) is 14.3. The fraction of sp³-hybridized carbons (Fsp3) is 0.556. The molecule has 0 bridgehead atoms. The van der Waals surface area contributed by atoms with Crippen LogP contribution in [0.25, 0.3) is 11.4 Å². The zero-order chi connectivity index (χ0) is 16.8. The fourth-order valence-electron chi connectivity index (χ4n) is 3.08. The van der Waals surface area contributed by atoms with Gasteiger partial charge in [0.2, 0.25) is 0 Å². The van der Waals surface area contributed by atoms with Crippen LogP contribution in [0.1, 0.15) is 19.2 Å². The molecule has 1 aliphatic rings. The molecule has 1 saturated heterocycles. The lowest BCUT2D eigenvalue weighted by molar-refractivity contribution is 0.0186. The number of aryl methyl sites for hydroxylation is 1.